The number of benzene rings is 3. The van der Waals surface area contributed by atoms with E-state index in [0.717, 1.165) is 24.4 Å². The van der Waals surface area contributed by atoms with Gasteiger partial charge < -0.3 is 19.2 Å². The SMILES string of the molecule is O=C1[C@H]2[C@H](CC=C3[C@H]2C[C@H]2C(=O)N(c4cccc(Cl)c4)C(=O)[C@@]2(c2ccccc2)[C@H]3c2ccc(CO)o2)C(=O)N1c1ccc(N2CCOCC2)cc1. The lowest BCUT2D eigenvalue weighted by Gasteiger charge is -2.49. The molecule has 0 unspecified atom stereocenters. The quantitative estimate of drug-likeness (QED) is 0.201. The van der Waals surface area contributed by atoms with Gasteiger partial charge in [0.1, 0.15) is 23.5 Å². The number of allylic oxidation sites excluding steroid dienone is 2. The molecule has 1 saturated carbocycles. The van der Waals surface area contributed by atoms with Gasteiger partial charge in [-0.05, 0) is 78.9 Å². The lowest BCUT2D eigenvalue weighted by atomic mass is 9.50. The van der Waals surface area contributed by atoms with Crippen LogP contribution in [0.2, 0.25) is 5.02 Å². The Hall–Kier alpha value is -5.03. The van der Waals surface area contributed by atoms with E-state index in [-0.39, 0.29) is 24.8 Å². The number of carbonyl (C=O) groups excluding carboxylic acids is 4. The molecule has 5 aliphatic rings. The summed E-state index contributed by atoms with van der Waals surface area (Å²) in [7, 11) is 0. The number of aliphatic hydroxyl groups excluding tert-OH is 1. The molecule has 11 heteroatoms. The van der Waals surface area contributed by atoms with Crippen LogP contribution in [0.4, 0.5) is 17.1 Å². The Bertz CT molecular complexity index is 2120. The molecule has 4 fully saturated rings. The zero-order valence-corrected chi connectivity index (χ0v) is 28.9. The van der Waals surface area contributed by atoms with Crippen molar-refractivity contribution < 1.29 is 33.4 Å². The Kier molecular flexibility index (Phi) is 7.95. The topological polar surface area (TPSA) is 121 Å². The number of furan rings is 1. The fourth-order valence-electron chi connectivity index (χ4n) is 9.58. The van der Waals surface area contributed by atoms with Gasteiger partial charge in [0.25, 0.3) is 0 Å². The predicted molar refractivity (Wildman–Crippen MR) is 193 cm³/mol. The normalized spacial score (nSPS) is 28.5. The molecule has 264 valence electrons. The van der Waals surface area contributed by atoms with E-state index in [9.17, 15) is 19.5 Å². The van der Waals surface area contributed by atoms with Gasteiger partial charge in [-0.25, -0.2) is 4.90 Å². The van der Waals surface area contributed by atoms with Crippen molar-refractivity contribution in [2.24, 2.45) is 23.7 Å². The van der Waals surface area contributed by atoms with Crippen molar-refractivity contribution in [3.05, 3.63) is 125 Å². The highest BCUT2D eigenvalue weighted by Gasteiger charge is 2.71. The summed E-state index contributed by atoms with van der Waals surface area (Å²) in [6.45, 7) is 2.46. The summed E-state index contributed by atoms with van der Waals surface area (Å²) in [6.07, 6.45) is 2.47. The third-order valence-corrected chi connectivity index (χ3v) is 12.0. The maximum atomic E-state index is 15.2. The Balaban J connectivity index is 1.17. The molecule has 0 bridgehead atoms. The van der Waals surface area contributed by atoms with Crippen molar-refractivity contribution in [2.45, 2.75) is 30.8 Å². The van der Waals surface area contributed by atoms with Crippen LogP contribution in [-0.4, -0.2) is 55.0 Å². The summed E-state index contributed by atoms with van der Waals surface area (Å²) in [5.41, 5.74) is 1.85. The van der Waals surface area contributed by atoms with E-state index in [2.05, 4.69) is 4.90 Å². The molecule has 4 heterocycles. The Labute approximate surface area is 305 Å². The van der Waals surface area contributed by atoms with Crippen LogP contribution < -0.4 is 14.7 Å². The van der Waals surface area contributed by atoms with Crippen LogP contribution in [0, 0.1) is 23.7 Å². The van der Waals surface area contributed by atoms with Crippen LogP contribution in [0.5, 0.6) is 0 Å². The van der Waals surface area contributed by atoms with Gasteiger partial charge in [0.05, 0.1) is 48.3 Å². The highest BCUT2D eigenvalue weighted by Crippen LogP contribution is 2.64. The van der Waals surface area contributed by atoms with Crippen LogP contribution >= 0.6 is 11.6 Å². The summed E-state index contributed by atoms with van der Waals surface area (Å²) in [4.78, 5) is 63.6. The number of amides is 4. The molecule has 9 rings (SSSR count). The monoisotopic (exact) mass is 717 g/mol. The van der Waals surface area contributed by atoms with Gasteiger partial charge in [-0.1, -0.05) is 59.6 Å². The summed E-state index contributed by atoms with van der Waals surface area (Å²) in [5, 5.41) is 10.4. The third kappa shape index (κ3) is 4.77. The van der Waals surface area contributed by atoms with Crippen molar-refractivity contribution >= 4 is 52.3 Å². The minimum Gasteiger partial charge on any atom is -0.463 e. The molecule has 6 atom stereocenters. The minimum absolute atomic E-state index is 0.177. The number of carbonyl (C=O) groups is 4. The maximum Gasteiger partial charge on any atom is 0.246 e. The first kappa shape index (κ1) is 32.8. The standard InChI is InChI=1S/C41H36ClN3O7/c42-25-7-4-8-28(21-25)45-38(48)33-22-32-30(36(34-16-13-29(23-46)52-34)41(33,40(45)50)24-5-2-1-3-6-24)14-15-31-35(32)39(49)44(37(31)47)27-11-9-26(10-12-27)43-17-19-51-20-18-43/h1-14,16,21,31-33,35-36,46H,15,17-20,22-23H2/t31-,32+,33-,35-,36+,41+/m0/s1. The number of imide groups is 2. The summed E-state index contributed by atoms with van der Waals surface area (Å²) >= 11 is 6.39. The number of ether oxygens (including phenoxy) is 1. The molecular formula is C41H36ClN3O7. The number of anilines is 3. The summed E-state index contributed by atoms with van der Waals surface area (Å²) < 4.78 is 11.8. The second kappa shape index (κ2) is 12.6. The maximum absolute atomic E-state index is 15.2. The average Bonchev–Trinajstić information content (AvgIpc) is 3.82. The van der Waals surface area contributed by atoms with Crippen LogP contribution in [0.25, 0.3) is 0 Å². The number of halogens is 1. The molecule has 2 aliphatic carbocycles. The van der Waals surface area contributed by atoms with E-state index in [4.69, 9.17) is 20.8 Å². The highest BCUT2D eigenvalue weighted by atomic mass is 35.5. The van der Waals surface area contributed by atoms with Crippen LogP contribution in [0.3, 0.4) is 0 Å². The molecule has 10 nitrogen and oxygen atoms in total. The second-order valence-corrected chi connectivity index (χ2v) is 14.6. The fraction of sp³-hybridized carbons (Fsp3) is 0.317. The number of morpholine rings is 1. The lowest BCUT2D eigenvalue weighted by molar-refractivity contribution is -0.127. The van der Waals surface area contributed by atoms with Crippen molar-refractivity contribution in [1.29, 1.82) is 0 Å². The van der Waals surface area contributed by atoms with Crippen LogP contribution in [0.1, 0.15) is 35.8 Å². The largest absolute Gasteiger partial charge is 0.463 e. The molecular weight excluding hydrogens is 682 g/mol. The van der Waals surface area contributed by atoms with Gasteiger partial charge >= 0.3 is 0 Å². The molecule has 4 aromatic rings. The number of nitrogens with zero attached hydrogens (tertiary/aromatic N) is 3. The second-order valence-electron chi connectivity index (χ2n) is 14.2. The van der Waals surface area contributed by atoms with Crippen molar-refractivity contribution in [3.63, 3.8) is 0 Å². The fourth-order valence-corrected chi connectivity index (χ4v) is 9.76. The first-order chi connectivity index (χ1) is 25.3. The third-order valence-electron chi connectivity index (χ3n) is 11.8. The Morgan fingerprint density at radius 3 is 2.23 bits per heavy atom. The summed E-state index contributed by atoms with van der Waals surface area (Å²) in [6, 6.07) is 26.9. The molecule has 3 aromatic carbocycles. The zero-order chi connectivity index (χ0) is 35.7. The molecule has 0 radical (unpaired) electrons. The molecule has 4 amide bonds. The minimum atomic E-state index is -1.44. The average molecular weight is 718 g/mol. The van der Waals surface area contributed by atoms with Gasteiger partial charge in [-0.2, -0.15) is 0 Å². The van der Waals surface area contributed by atoms with Crippen LogP contribution in [-0.2, 0) is 35.9 Å². The van der Waals surface area contributed by atoms with Crippen molar-refractivity contribution in [1.82, 2.24) is 0 Å². The molecule has 0 spiro atoms. The van der Waals surface area contributed by atoms with Gasteiger partial charge in [0.15, 0.2) is 0 Å². The van der Waals surface area contributed by atoms with Gasteiger partial charge in [0.2, 0.25) is 23.6 Å². The Morgan fingerprint density at radius 1 is 0.769 bits per heavy atom. The van der Waals surface area contributed by atoms with E-state index in [1.165, 1.54) is 9.80 Å². The van der Waals surface area contributed by atoms with E-state index >= 15 is 4.79 Å². The molecule has 1 N–H and O–H groups in total. The molecule has 1 aromatic heterocycles. The van der Waals surface area contributed by atoms with Crippen LogP contribution in [0.15, 0.2) is 107 Å². The van der Waals surface area contributed by atoms with Crippen molar-refractivity contribution in [3.8, 4) is 0 Å². The number of hydrogen-bond acceptors (Lipinski definition) is 8. The Morgan fingerprint density at radius 2 is 1.52 bits per heavy atom. The number of aliphatic hydroxyl groups is 1. The van der Waals surface area contributed by atoms with Gasteiger partial charge in [0, 0.05) is 23.8 Å². The van der Waals surface area contributed by atoms with E-state index < -0.39 is 46.8 Å². The van der Waals surface area contributed by atoms with E-state index in [1.807, 2.05) is 60.7 Å². The smallest absolute Gasteiger partial charge is 0.246 e. The van der Waals surface area contributed by atoms with Crippen molar-refractivity contribution in [2.75, 3.05) is 41.0 Å². The van der Waals surface area contributed by atoms with E-state index in [0.29, 0.717) is 53.1 Å². The lowest BCUT2D eigenvalue weighted by Crippen LogP contribution is -2.53. The van der Waals surface area contributed by atoms with E-state index in [1.54, 1.807) is 36.4 Å². The molecule has 3 aliphatic heterocycles. The number of fused-ring (bicyclic) bond motifs is 4. The first-order valence-corrected chi connectivity index (χ1v) is 18.1. The first-order valence-electron chi connectivity index (χ1n) is 17.7. The number of rotatable bonds is 6. The zero-order valence-electron chi connectivity index (χ0n) is 28.2. The highest BCUT2D eigenvalue weighted by molar-refractivity contribution is 6.32. The predicted octanol–water partition coefficient (Wildman–Crippen LogP) is 5.63. The molecule has 52 heavy (non-hydrogen) atoms. The van der Waals surface area contributed by atoms with Gasteiger partial charge in [-0.15, -0.1) is 0 Å². The summed E-state index contributed by atoms with van der Waals surface area (Å²) in [5.74, 6) is -4.26. The number of hydrogen-bond donors (Lipinski definition) is 1. The van der Waals surface area contributed by atoms with Gasteiger partial charge in [-0.3, -0.25) is 24.1 Å². The molecule has 3 saturated heterocycles.